The van der Waals surface area contributed by atoms with Crippen molar-refractivity contribution >= 4 is 5.97 Å². The molecule has 0 aliphatic heterocycles. The van der Waals surface area contributed by atoms with E-state index in [0.717, 1.165) is 5.56 Å². The number of esters is 1. The normalized spacial score (nSPS) is 12.3. The van der Waals surface area contributed by atoms with Gasteiger partial charge in [0.25, 0.3) is 0 Å². The van der Waals surface area contributed by atoms with Crippen LogP contribution in [0, 0.1) is 0 Å². The summed E-state index contributed by atoms with van der Waals surface area (Å²) in [5.41, 5.74) is 1.34. The number of aliphatic hydroxyl groups excluding tert-OH is 1. The first kappa shape index (κ1) is 15.5. The second kappa shape index (κ2) is 7.11. The standard InChI is InChI=1S/C14H21NO4/c1-5-19-14(17)12(16)11-8-6-7-10(9-15(2)3)13(11)18-4/h6-8,12,16H,5,9H2,1-4H3. The van der Waals surface area contributed by atoms with Crippen LogP contribution >= 0.6 is 0 Å². The molecular weight excluding hydrogens is 246 g/mol. The predicted molar refractivity (Wildman–Crippen MR) is 72.0 cm³/mol. The number of methoxy groups -OCH3 is 1. The van der Waals surface area contributed by atoms with E-state index in [1.54, 1.807) is 19.1 Å². The molecule has 5 heteroatoms. The first-order valence-corrected chi connectivity index (χ1v) is 6.16. The summed E-state index contributed by atoms with van der Waals surface area (Å²) in [7, 11) is 5.40. The third-order valence-electron chi connectivity index (χ3n) is 2.62. The van der Waals surface area contributed by atoms with Crippen LogP contribution in [0.2, 0.25) is 0 Å². The fourth-order valence-electron chi connectivity index (χ4n) is 1.88. The van der Waals surface area contributed by atoms with Crippen LogP contribution in [0.25, 0.3) is 0 Å². The molecule has 19 heavy (non-hydrogen) atoms. The molecule has 1 unspecified atom stereocenters. The fourth-order valence-corrected chi connectivity index (χ4v) is 1.88. The highest BCUT2D eigenvalue weighted by Crippen LogP contribution is 2.30. The summed E-state index contributed by atoms with van der Waals surface area (Å²) in [4.78, 5) is 13.6. The molecule has 0 heterocycles. The van der Waals surface area contributed by atoms with Crippen LogP contribution < -0.4 is 4.74 Å². The van der Waals surface area contributed by atoms with Crippen LogP contribution in [0.3, 0.4) is 0 Å². The topological polar surface area (TPSA) is 59.0 Å². The van der Waals surface area contributed by atoms with Gasteiger partial charge in [-0.05, 0) is 21.0 Å². The van der Waals surface area contributed by atoms with E-state index < -0.39 is 12.1 Å². The summed E-state index contributed by atoms with van der Waals surface area (Å²) < 4.78 is 10.2. The molecule has 106 valence electrons. The number of carbonyl (C=O) groups is 1. The lowest BCUT2D eigenvalue weighted by atomic mass is 10.0. The Kier molecular flexibility index (Phi) is 5.79. The smallest absolute Gasteiger partial charge is 0.339 e. The number of nitrogens with zero attached hydrogens (tertiary/aromatic N) is 1. The summed E-state index contributed by atoms with van der Waals surface area (Å²) in [6.45, 7) is 2.59. The summed E-state index contributed by atoms with van der Waals surface area (Å²) >= 11 is 0. The van der Waals surface area contributed by atoms with Gasteiger partial charge >= 0.3 is 5.97 Å². The molecule has 1 aromatic carbocycles. The number of ether oxygens (including phenoxy) is 2. The Balaban J connectivity index is 3.09. The van der Waals surface area contributed by atoms with Crippen LogP contribution in [0.15, 0.2) is 18.2 Å². The molecule has 0 aliphatic carbocycles. The van der Waals surface area contributed by atoms with Crippen LogP contribution in [0.5, 0.6) is 5.75 Å². The number of para-hydroxylation sites is 1. The molecule has 0 aromatic heterocycles. The summed E-state index contributed by atoms with van der Waals surface area (Å²) in [6.07, 6.45) is -1.32. The molecule has 0 saturated heterocycles. The molecule has 1 rings (SSSR count). The third kappa shape index (κ3) is 3.94. The number of aliphatic hydroxyl groups is 1. The largest absolute Gasteiger partial charge is 0.496 e. The highest BCUT2D eigenvalue weighted by atomic mass is 16.5. The van der Waals surface area contributed by atoms with Crippen molar-refractivity contribution in [1.29, 1.82) is 0 Å². The Bertz CT molecular complexity index is 431. The number of rotatable bonds is 6. The monoisotopic (exact) mass is 267 g/mol. The summed E-state index contributed by atoms with van der Waals surface area (Å²) in [5, 5.41) is 10.0. The summed E-state index contributed by atoms with van der Waals surface area (Å²) in [6, 6.07) is 5.36. The quantitative estimate of drug-likeness (QED) is 0.788. The van der Waals surface area contributed by atoms with Crippen LogP contribution in [-0.2, 0) is 16.1 Å². The lowest BCUT2D eigenvalue weighted by Gasteiger charge is -2.18. The van der Waals surface area contributed by atoms with E-state index in [1.165, 1.54) is 7.11 Å². The second-order valence-corrected chi connectivity index (χ2v) is 4.43. The van der Waals surface area contributed by atoms with E-state index in [4.69, 9.17) is 9.47 Å². The van der Waals surface area contributed by atoms with Crippen molar-refractivity contribution in [2.24, 2.45) is 0 Å². The minimum absolute atomic E-state index is 0.232. The first-order chi connectivity index (χ1) is 9.01. The van der Waals surface area contributed by atoms with Gasteiger partial charge in [-0.15, -0.1) is 0 Å². The molecule has 1 N–H and O–H groups in total. The number of benzene rings is 1. The molecule has 0 fully saturated rings. The number of hydrogen-bond acceptors (Lipinski definition) is 5. The van der Waals surface area contributed by atoms with Crippen LogP contribution in [0.4, 0.5) is 0 Å². The number of carbonyl (C=O) groups excluding carboxylic acids is 1. The van der Waals surface area contributed by atoms with E-state index in [0.29, 0.717) is 17.9 Å². The molecule has 0 aliphatic rings. The lowest BCUT2D eigenvalue weighted by Crippen LogP contribution is -2.18. The Hall–Kier alpha value is -1.59. The highest BCUT2D eigenvalue weighted by molar-refractivity contribution is 5.77. The molecule has 1 aromatic rings. The van der Waals surface area contributed by atoms with E-state index in [2.05, 4.69) is 0 Å². The highest BCUT2D eigenvalue weighted by Gasteiger charge is 2.23. The zero-order valence-electron chi connectivity index (χ0n) is 11.8. The van der Waals surface area contributed by atoms with Gasteiger partial charge in [-0.2, -0.15) is 0 Å². The zero-order chi connectivity index (χ0) is 14.4. The zero-order valence-corrected chi connectivity index (χ0v) is 11.8. The maximum absolute atomic E-state index is 11.6. The Labute approximate surface area is 113 Å². The van der Waals surface area contributed by atoms with Crippen molar-refractivity contribution in [3.05, 3.63) is 29.3 Å². The summed E-state index contributed by atoms with van der Waals surface area (Å²) in [5.74, 6) is -0.139. The van der Waals surface area contributed by atoms with Crippen molar-refractivity contribution in [2.75, 3.05) is 27.8 Å². The molecule has 0 spiro atoms. The Morgan fingerprint density at radius 2 is 2.11 bits per heavy atom. The molecule has 0 amide bonds. The Morgan fingerprint density at radius 1 is 1.42 bits per heavy atom. The van der Waals surface area contributed by atoms with Crippen molar-refractivity contribution in [3.8, 4) is 5.75 Å². The molecule has 5 nitrogen and oxygen atoms in total. The van der Waals surface area contributed by atoms with E-state index in [1.807, 2.05) is 25.1 Å². The maximum atomic E-state index is 11.6. The minimum atomic E-state index is -1.32. The van der Waals surface area contributed by atoms with Gasteiger partial charge < -0.3 is 19.5 Å². The first-order valence-electron chi connectivity index (χ1n) is 6.16. The van der Waals surface area contributed by atoms with Gasteiger partial charge in [-0.3, -0.25) is 0 Å². The van der Waals surface area contributed by atoms with Crippen molar-refractivity contribution in [2.45, 2.75) is 19.6 Å². The molecule has 0 saturated carbocycles. The van der Waals surface area contributed by atoms with Crippen LogP contribution in [-0.4, -0.2) is 43.8 Å². The second-order valence-electron chi connectivity index (χ2n) is 4.43. The molecule has 1 atom stereocenters. The molecule has 0 bridgehead atoms. The van der Waals surface area contributed by atoms with Gasteiger partial charge in [0.05, 0.1) is 13.7 Å². The van der Waals surface area contributed by atoms with Gasteiger partial charge in [0, 0.05) is 17.7 Å². The predicted octanol–water partition coefficient (Wildman–Crippen LogP) is 1.35. The van der Waals surface area contributed by atoms with E-state index >= 15 is 0 Å². The Morgan fingerprint density at radius 3 is 2.63 bits per heavy atom. The van der Waals surface area contributed by atoms with E-state index in [9.17, 15) is 9.90 Å². The third-order valence-corrected chi connectivity index (χ3v) is 2.62. The van der Waals surface area contributed by atoms with Gasteiger partial charge in [0.1, 0.15) is 5.75 Å². The van der Waals surface area contributed by atoms with Gasteiger partial charge in [-0.1, -0.05) is 18.2 Å². The average molecular weight is 267 g/mol. The lowest BCUT2D eigenvalue weighted by molar-refractivity contribution is -0.153. The SMILES string of the molecule is CCOC(=O)C(O)c1cccc(CN(C)C)c1OC. The van der Waals surface area contributed by atoms with Gasteiger partial charge in [0.15, 0.2) is 6.10 Å². The van der Waals surface area contributed by atoms with Crippen LogP contribution in [0.1, 0.15) is 24.2 Å². The maximum Gasteiger partial charge on any atom is 0.339 e. The van der Waals surface area contributed by atoms with Crippen molar-refractivity contribution in [1.82, 2.24) is 4.90 Å². The molecular formula is C14H21NO4. The van der Waals surface area contributed by atoms with Gasteiger partial charge in [-0.25, -0.2) is 4.79 Å². The van der Waals surface area contributed by atoms with E-state index in [-0.39, 0.29) is 6.61 Å². The number of hydrogen-bond donors (Lipinski definition) is 1. The molecule has 0 radical (unpaired) electrons. The van der Waals surface area contributed by atoms with Crippen molar-refractivity contribution in [3.63, 3.8) is 0 Å². The average Bonchev–Trinajstić information content (AvgIpc) is 2.37. The van der Waals surface area contributed by atoms with Gasteiger partial charge in [0.2, 0.25) is 0 Å². The fraction of sp³-hybridized carbons (Fsp3) is 0.500. The minimum Gasteiger partial charge on any atom is -0.496 e. The van der Waals surface area contributed by atoms with Crippen molar-refractivity contribution < 1.29 is 19.4 Å².